The van der Waals surface area contributed by atoms with E-state index in [1.807, 2.05) is 6.07 Å². The molecule has 2 aliphatic rings. The van der Waals surface area contributed by atoms with Crippen molar-refractivity contribution >= 4 is 11.6 Å². The van der Waals surface area contributed by atoms with E-state index in [2.05, 4.69) is 34.1 Å². The summed E-state index contributed by atoms with van der Waals surface area (Å²) in [5.41, 5.74) is 0.995. The molecule has 160 valence electrons. The van der Waals surface area contributed by atoms with E-state index >= 15 is 0 Å². The molecule has 0 unspecified atom stereocenters. The van der Waals surface area contributed by atoms with Crippen molar-refractivity contribution in [1.29, 1.82) is 0 Å². The Labute approximate surface area is 176 Å². The number of piperidine rings is 1. The lowest BCUT2D eigenvalue weighted by atomic mass is 10.1. The van der Waals surface area contributed by atoms with E-state index in [1.54, 1.807) is 4.90 Å². The average Bonchev–Trinajstić information content (AvgIpc) is 2.80. The molecule has 7 heteroatoms. The number of nitrogens with zero attached hydrogens (tertiary/aromatic N) is 3. The topological polar surface area (TPSA) is 66.2 Å². The Hall–Kier alpha value is -2.80. The minimum Gasteiger partial charge on any atom is -0.477 e. The first kappa shape index (κ1) is 20.5. The fourth-order valence-corrected chi connectivity index (χ4v) is 4.02. The van der Waals surface area contributed by atoms with Crippen molar-refractivity contribution in [2.45, 2.75) is 25.8 Å². The monoisotopic (exact) mass is 411 g/mol. The summed E-state index contributed by atoms with van der Waals surface area (Å²) in [7, 11) is 0. The van der Waals surface area contributed by atoms with Gasteiger partial charge in [0, 0.05) is 51.0 Å². The van der Waals surface area contributed by atoms with Crippen LogP contribution in [0.4, 0.5) is 5.69 Å². The molecule has 1 aromatic heterocycles. The van der Waals surface area contributed by atoms with Crippen LogP contribution in [0.15, 0.2) is 51.9 Å². The van der Waals surface area contributed by atoms with Gasteiger partial charge in [0.2, 0.25) is 11.2 Å². The van der Waals surface area contributed by atoms with Gasteiger partial charge in [-0.05, 0) is 31.4 Å². The van der Waals surface area contributed by atoms with Gasteiger partial charge in [-0.2, -0.15) is 0 Å². The van der Waals surface area contributed by atoms with Crippen molar-refractivity contribution in [3.05, 3.63) is 58.6 Å². The fourth-order valence-electron chi connectivity index (χ4n) is 4.02. The molecule has 1 amide bonds. The molecule has 0 bridgehead atoms. The van der Waals surface area contributed by atoms with Crippen LogP contribution < -0.4 is 15.1 Å². The summed E-state index contributed by atoms with van der Waals surface area (Å²) in [5, 5.41) is 0. The molecule has 0 saturated carbocycles. The third-order valence-electron chi connectivity index (χ3n) is 5.79. The first-order valence-corrected chi connectivity index (χ1v) is 10.7. The largest absolute Gasteiger partial charge is 0.477 e. The van der Waals surface area contributed by atoms with Crippen LogP contribution in [0, 0.1) is 0 Å². The van der Waals surface area contributed by atoms with Crippen LogP contribution >= 0.6 is 0 Å². The maximum atomic E-state index is 12.4. The van der Waals surface area contributed by atoms with Gasteiger partial charge in [-0.25, -0.2) is 0 Å². The Bertz CT molecular complexity index is 885. The average molecular weight is 412 g/mol. The zero-order valence-electron chi connectivity index (χ0n) is 17.3. The first-order valence-electron chi connectivity index (χ1n) is 10.7. The molecule has 2 aromatic rings. The minimum absolute atomic E-state index is 0.0746. The molecule has 0 aliphatic carbocycles. The fraction of sp³-hybridized carbons (Fsp3) is 0.478. The van der Waals surface area contributed by atoms with Crippen LogP contribution in [0.1, 0.15) is 25.0 Å². The summed E-state index contributed by atoms with van der Waals surface area (Å²) in [4.78, 5) is 31.0. The molecule has 2 saturated heterocycles. The summed E-state index contributed by atoms with van der Waals surface area (Å²) in [6, 6.07) is 11.9. The van der Waals surface area contributed by atoms with Gasteiger partial charge in [0.15, 0.2) is 6.61 Å². The second kappa shape index (κ2) is 9.80. The third kappa shape index (κ3) is 5.21. The van der Waals surface area contributed by atoms with Gasteiger partial charge in [-0.1, -0.05) is 18.2 Å². The lowest BCUT2D eigenvalue weighted by molar-refractivity contribution is -0.134. The predicted molar refractivity (Wildman–Crippen MR) is 115 cm³/mol. The van der Waals surface area contributed by atoms with Gasteiger partial charge in [-0.3, -0.25) is 14.5 Å². The molecule has 0 radical (unpaired) electrons. The van der Waals surface area contributed by atoms with E-state index in [0.29, 0.717) is 12.3 Å². The van der Waals surface area contributed by atoms with E-state index < -0.39 is 0 Å². The highest BCUT2D eigenvalue weighted by Crippen LogP contribution is 2.17. The number of hydrogen-bond acceptors (Lipinski definition) is 6. The molecule has 7 nitrogen and oxygen atoms in total. The molecule has 4 rings (SSSR count). The normalized spacial score (nSPS) is 17.7. The maximum absolute atomic E-state index is 12.4. The Morgan fingerprint density at radius 2 is 1.70 bits per heavy atom. The zero-order chi connectivity index (χ0) is 20.8. The molecular formula is C23H29N3O4. The number of hydrogen-bond donors (Lipinski definition) is 0. The van der Waals surface area contributed by atoms with Gasteiger partial charge in [0.05, 0.1) is 6.54 Å². The summed E-state index contributed by atoms with van der Waals surface area (Å²) >= 11 is 0. The van der Waals surface area contributed by atoms with Gasteiger partial charge >= 0.3 is 0 Å². The second-order valence-corrected chi connectivity index (χ2v) is 7.90. The Kier molecular flexibility index (Phi) is 6.69. The van der Waals surface area contributed by atoms with Crippen molar-refractivity contribution < 1.29 is 13.9 Å². The van der Waals surface area contributed by atoms with Gasteiger partial charge in [0.25, 0.3) is 5.91 Å². The minimum atomic E-state index is -0.245. The maximum Gasteiger partial charge on any atom is 0.260 e. The summed E-state index contributed by atoms with van der Waals surface area (Å²) in [6.07, 6.45) is 4.56. The SMILES string of the molecule is O=C(COc1coc(CN2CCN(c3ccccc3)CC2)cc1=O)N1CCCCC1. The van der Waals surface area contributed by atoms with E-state index in [1.165, 1.54) is 18.0 Å². The predicted octanol–water partition coefficient (Wildman–Crippen LogP) is 2.35. The van der Waals surface area contributed by atoms with E-state index in [0.717, 1.165) is 58.5 Å². The molecule has 0 spiro atoms. The summed E-state index contributed by atoms with van der Waals surface area (Å²) in [6.45, 7) is 5.70. The first-order chi connectivity index (χ1) is 14.7. The smallest absolute Gasteiger partial charge is 0.260 e. The number of piperazine rings is 1. The lowest BCUT2D eigenvalue weighted by Gasteiger charge is -2.35. The molecule has 1 aromatic carbocycles. The number of rotatable bonds is 6. The highest BCUT2D eigenvalue weighted by molar-refractivity contribution is 5.77. The van der Waals surface area contributed by atoms with Crippen molar-refractivity contribution in [2.75, 3.05) is 50.8 Å². The quantitative estimate of drug-likeness (QED) is 0.727. The number of likely N-dealkylation sites (tertiary alicyclic amines) is 1. The second-order valence-electron chi connectivity index (χ2n) is 7.90. The van der Waals surface area contributed by atoms with Gasteiger partial charge < -0.3 is 19.0 Å². The number of carbonyl (C=O) groups is 1. The Morgan fingerprint density at radius 3 is 2.40 bits per heavy atom. The van der Waals surface area contributed by atoms with Crippen LogP contribution in [0.2, 0.25) is 0 Å². The van der Waals surface area contributed by atoms with Crippen LogP contribution in [0.5, 0.6) is 5.75 Å². The van der Waals surface area contributed by atoms with Crippen LogP contribution in [-0.2, 0) is 11.3 Å². The molecule has 30 heavy (non-hydrogen) atoms. The summed E-state index contributed by atoms with van der Waals surface area (Å²) < 4.78 is 11.1. The van der Waals surface area contributed by atoms with Gasteiger partial charge in [-0.15, -0.1) is 0 Å². The van der Waals surface area contributed by atoms with Crippen LogP contribution in [0.3, 0.4) is 0 Å². The molecular weight excluding hydrogens is 382 g/mol. The molecule has 2 fully saturated rings. The van der Waals surface area contributed by atoms with E-state index in [-0.39, 0.29) is 23.7 Å². The number of para-hydroxylation sites is 1. The number of ether oxygens (including phenoxy) is 1. The number of benzene rings is 1. The highest BCUT2D eigenvalue weighted by Gasteiger charge is 2.20. The Balaban J connectivity index is 1.26. The number of amides is 1. The number of carbonyl (C=O) groups excluding carboxylic acids is 1. The molecule has 2 aliphatic heterocycles. The van der Waals surface area contributed by atoms with Crippen molar-refractivity contribution in [2.24, 2.45) is 0 Å². The Morgan fingerprint density at radius 1 is 0.967 bits per heavy atom. The van der Waals surface area contributed by atoms with Crippen LogP contribution in [-0.4, -0.2) is 61.6 Å². The molecule has 0 N–H and O–H groups in total. The van der Waals surface area contributed by atoms with Crippen LogP contribution in [0.25, 0.3) is 0 Å². The van der Waals surface area contributed by atoms with Gasteiger partial charge in [0.1, 0.15) is 12.0 Å². The number of anilines is 1. The summed E-state index contributed by atoms with van der Waals surface area (Å²) in [5.74, 6) is 0.635. The molecule has 0 atom stereocenters. The lowest BCUT2D eigenvalue weighted by Crippen LogP contribution is -2.46. The van der Waals surface area contributed by atoms with Crippen molar-refractivity contribution in [3.63, 3.8) is 0 Å². The standard InChI is InChI=1S/C23H29N3O4/c27-21-15-20(16-24-11-13-25(14-12-24)19-7-3-1-4-8-19)29-17-22(21)30-18-23(28)26-9-5-2-6-10-26/h1,3-4,7-8,15,17H,2,5-6,9-14,16,18H2. The van der Waals surface area contributed by atoms with E-state index in [9.17, 15) is 9.59 Å². The molecule has 3 heterocycles. The third-order valence-corrected chi connectivity index (χ3v) is 5.79. The van der Waals surface area contributed by atoms with Crippen molar-refractivity contribution in [1.82, 2.24) is 9.80 Å². The highest BCUT2D eigenvalue weighted by atomic mass is 16.5. The zero-order valence-corrected chi connectivity index (χ0v) is 17.3. The van der Waals surface area contributed by atoms with Crippen molar-refractivity contribution in [3.8, 4) is 5.75 Å². The van der Waals surface area contributed by atoms with E-state index in [4.69, 9.17) is 9.15 Å².